The van der Waals surface area contributed by atoms with Crippen LogP contribution in [-0.2, 0) is 5.41 Å². The Morgan fingerprint density at radius 3 is 2.18 bits per heavy atom. The van der Waals surface area contributed by atoms with Crippen molar-refractivity contribution in [3.63, 3.8) is 0 Å². The van der Waals surface area contributed by atoms with Crippen molar-refractivity contribution >= 4 is 11.6 Å². The van der Waals surface area contributed by atoms with Gasteiger partial charge in [-0.05, 0) is 43.1 Å². The van der Waals surface area contributed by atoms with Crippen LogP contribution in [0, 0.1) is 6.92 Å². The lowest BCUT2D eigenvalue weighted by Gasteiger charge is -2.26. The fourth-order valence-electron chi connectivity index (χ4n) is 2.02. The van der Waals surface area contributed by atoms with Crippen LogP contribution in [0.15, 0.2) is 18.2 Å². The van der Waals surface area contributed by atoms with Crippen molar-refractivity contribution in [3.05, 3.63) is 34.9 Å². The van der Waals surface area contributed by atoms with Crippen LogP contribution in [0.3, 0.4) is 0 Å². The van der Waals surface area contributed by atoms with Gasteiger partial charge in [0.05, 0.1) is 0 Å². The molecule has 2 heteroatoms. The van der Waals surface area contributed by atoms with E-state index in [9.17, 15) is 0 Å². The highest BCUT2D eigenvalue weighted by atomic mass is 35.5. The molecule has 0 fully saturated rings. The minimum Gasteiger partial charge on any atom is -0.301 e. The van der Waals surface area contributed by atoms with Gasteiger partial charge in [-0.25, -0.2) is 0 Å². The van der Waals surface area contributed by atoms with Crippen LogP contribution in [0.5, 0.6) is 0 Å². The number of aryl methyl sites for hydroxylation is 1. The molecule has 0 spiro atoms. The van der Waals surface area contributed by atoms with Gasteiger partial charge in [-0.15, -0.1) is 11.6 Å². The maximum atomic E-state index is 6.06. The fraction of sp³-hybridized carbons (Fsp3) is 0.600. The molecule has 0 radical (unpaired) electrons. The summed E-state index contributed by atoms with van der Waals surface area (Å²) in [5, 5.41) is 0. The van der Waals surface area contributed by atoms with Crippen molar-refractivity contribution in [2.45, 2.75) is 39.2 Å². The second-order valence-electron chi connectivity index (χ2n) is 5.96. The molecular weight excluding hydrogens is 230 g/mol. The van der Waals surface area contributed by atoms with Gasteiger partial charge in [0.15, 0.2) is 0 Å². The van der Waals surface area contributed by atoms with Crippen LogP contribution in [-0.4, -0.2) is 24.9 Å². The van der Waals surface area contributed by atoms with Crippen molar-refractivity contribution in [2.24, 2.45) is 0 Å². The molecular formula is C15H24ClN. The van der Waals surface area contributed by atoms with E-state index in [2.05, 4.69) is 64.9 Å². The average Bonchev–Trinajstić information content (AvgIpc) is 2.19. The molecule has 17 heavy (non-hydrogen) atoms. The normalized spacial score (nSPS) is 14.1. The Bertz CT molecular complexity index is 377. The Morgan fingerprint density at radius 2 is 1.82 bits per heavy atom. The van der Waals surface area contributed by atoms with Gasteiger partial charge in [0, 0.05) is 11.9 Å². The van der Waals surface area contributed by atoms with Crippen LogP contribution >= 0.6 is 11.6 Å². The zero-order valence-electron chi connectivity index (χ0n) is 11.8. The second-order valence-corrected chi connectivity index (χ2v) is 6.26. The van der Waals surface area contributed by atoms with Gasteiger partial charge < -0.3 is 4.90 Å². The van der Waals surface area contributed by atoms with Gasteiger partial charge in [0.2, 0.25) is 0 Å². The molecule has 1 aromatic rings. The Balaban J connectivity index is 3.13. The van der Waals surface area contributed by atoms with E-state index < -0.39 is 0 Å². The Kier molecular flexibility index (Phi) is 4.62. The van der Waals surface area contributed by atoms with E-state index >= 15 is 0 Å². The van der Waals surface area contributed by atoms with E-state index in [0.717, 1.165) is 0 Å². The quantitative estimate of drug-likeness (QED) is 0.732. The maximum absolute atomic E-state index is 6.06. The first-order valence-electron chi connectivity index (χ1n) is 6.10. The number of rotatable bonds is 3. The summed E-state index contributed by atoms with van der Waals surface area (Å²) < 4.78 is 0. The van der Waals surface area contributed by atoms with Crippen molar-refractivity contribution in [1.82, 2.24) is 4.90 Å². The first kappa shape index (κ1) is 14.5. The molecule has 1 aromatic carbocycles. The first-order chi connectivity index (χ1) is 7.77. The summed E-state index contributed by atoms with van der Waals surface area (Å²) in [5.41, 5.74) is 4.25. The zero-order valence-corrected chi connectivity index (χ0v) is 12.6. The monoisotopic (exact) mass is 253 g/mol. The van der Waals surface area contributed by atoms with Crippen molar-refractivity contribution in [2.75, 3.05) is 20.0 Å². The van der Waals surface area contributed by atoms with E-state index in [4.69, 9.17) is 11.6 Å². The largest absolute Gasteiger partial charge is 0.301 e. The molecule has 96 valence electrons. The molecule has 0 aliphatic heterocycles. The molecule has 0 bridgehead atoms. The van der Waals surface area contributed by atoms with Crippen molar-refractivity contribution < 1.29 is 0 Å². The van der Waals surface area contributed by atoms with Gasteiger partial charge >= 0.3 is 0 Å². The van der Waals surface area contributed by atoms with Gasteiger partial charge in [-0.1, -0.05) is 39.0 Å². The summed E-state index contributed by atoms with van der Waals surface area (Å²) in [4.78, 5) is 2.17. The SMILES string of the molecule is Cc1cc(C(C)(C)C)ccc1C(CCl)N(C)C. The smallest absolute Gasteiger partial charge is 0.0480 e. The standard InChI is InChI=1S/C15H24ClN/c1-11-9-12(15(2,3)4)7-8-13(11)14(10-16)17(5)6/h7-9,14H,10H2,1-6H3. The summed E-state index contributed by atoms with van der Waals surface area (Å²) in [6.07, 6.45) is 0. The Labute approximate surface area is 111 Å². The third kappa shape index (κ3) is 3.46. The number of alkyl halides is 1. The summed E-state index contributed by atoms with van der Waals surface area (Å²) >= 11 is 6.06. The molecule has 0 saturated carbocycles. The molecule has 1 rings (SSSR count). The third-order valence-electron chi connectivity index (χ3n) is 3.26. The second kappa shape index (κ2) is 5.41. The van der Waals surface area contributed by atoms with Crippen LogP contribution in [0.4, 0.5) is 0 Å². The number of nitrogens with zero attached hydrogens (tertiary/aromatic N) is 1. The summed E-state index contributed by atoms with van der Waals surface area (Å²) in [5.74, 6) is 0.628. The van der Waals surface area contributed by atoms with E-state index in [1.54, 1.807) is 0 Å². The molecule has 1 nitrogen and oxygen atoms in total. The predicted molar refractivity (Wildman–Crippen MR) is 77.0 cm³/mol. The van der Waals surface area contributed by atoms with E-state index in [1.165, 1.54) is 16.7 Å². The maximum Gasteiger partial charge on any atom is 0.0480 e. The minimum atomic E-state index is 0.206. The molecule has 0 amide bonds. The van der Waals surface area contributed by atoms with E-state index in [1.807, 2.05) is 0 Å². The average molecular weight is 254 g/mol. The highest BCUT2D eigenvalue weighted by Gasteiger charge is 2.18. The minimum absolute atomic E-state index is 0.206. The Morgan fingerprint density at radius 1 is 1.24 bits per heavy atom. The number of hydrogen-bond donors (Lipinski definition) is 0. The summed E-state index contributed by atoms with van der Waals surface area (Å²) in [7, 11) is 4.15. The lowest BCUT2D eigenvalue weighted by Crippen LogP contribution is -2.22. The highest BCUT2D eigenvalue weighted by molar-refractivity contribution is 6.18. The molecule has 0 aromatic heterocycles. The zero-order chi connectivity index (χ0) is 13.2. The van der Waals surface area contributed by atoms with Crippen molar-refractivity contribution in [3.8, 4) is 0 Å². The van der Waals surface area contributed by atoms with Gasteiger partial charge in [0.25, 0.3) is 0 Å². The predicted octanol–water partition coefficient (Wildman–Crippen LogP) is 4.13. The van der Waals surface area contributed by atoms with Crippen LogP contribution in [0.25, 0.3) is 0 Å². The van der Waals surface area contributed by atoms with Gasteiger partial charge in [-0.3, -0.25) is 0 Å². The molecule has 1 atom stereocenters. The molecule has 0 aliphatic rings. The fourth-order valence-corrected chi connectivity index (χ4v) is 2.46. The molecule has 1 unspecified atom stereocenters. The summed E-state index contributed by atoms with van der Waals surface area (Å²) in [6, 6.07) is 7.04. The lowest BCUT2D eigenvalue weighted by atomic mass is 9.84. The highest BCUT2D eigenvalue weighted by Crippen LogP contribution is 2.28. The number of halogens is 1. The van der Waals surface area contributed by atoms with Gasteiger partial charge in [0.1, 0.15) is 0 Å². The molecule has 0 heterocycles. The molecule has 0 N–H and O–H groups in total. The number of benzene rings is 1. The van der Waals surface area contributed by atoms with E-state index in [-0.39, 0.29) is 5.41 Å². The Hall–Kier alpha value is -0.530. The topological polar surface area (TPSA) is 3.24 Å². The van der Waals surface area contributed by atoms with Crippen LogP contribution < -0.4 is 0 Å². The van der Waals surface area contributed by atoms with Gasteiger partial charge in [-0.2, -0.15) is 0 Å². The molecule has 0 saturated heterocycles. The number of hydrogen-bond acceptors (Lipinski definition) is 1. The lowest BCUT2D eigenvalue weighted by molar-refractivity contribution is 0.323. The summed E-state index contributed by atoms with van der Waals surface area (Å²) in [6.45, 7) is 8.90. The van der Waals surface area contributed by atoms with Crippen LogP contribution in [0.1, 0.15) is 43.5 Å². The van der Waals surface area contributed by atoms with Crippen LogP contribution in [0.2, 0.25) is 0 Å². The van der Waals surface area contributed by atoms with Crippen molar-refractivity contribution in [1.29, 1.82) is 0 Å². The van der Waals surface area contributed by atoms with E-state index in [0.29, 0.717) is 11.9 Å². The first-order valence-corrected chi connectivity index (χ1v) is 6.64. The molecule has 0 aliphatic carbocycles. The third-order valence-corrected chi connectivity index (χ3v) is 3.56.